The van der Waals surface area contributed by atoms with Crippen molar-refractivity contribution in [3.63, 3.8) is 0 Å². The van der Waals surface area contributed by atoms with Crippen molar-refractivity contribution in [1.29, 1.82) is 0 Å². The predicted molar refractivity (Wildman–Crippen MR) is 70.6 cm³/mol. The molecule has 0 aromatic carbocycles. The van der Waals surface area contributed by atoms with Gasteiger partial charge in [0.05, 0.1) is 34.8 Å². The second-order valence-electron chi connectivity index (χ2n) is 3.96. The molecular formula is C13H9N3O2S. The van der Waals surface area contributed by atoms with Gasteiger partial charge in [0, 0.05) is 12.4 Å². The third kappa shape index (κ3) is 2.17. The summed E-state index contributed by atoms with van der Waals surface area (Å²) in [6.07, 6.45) is 6.14. The van der Waals surface area contributed by atoms with Gasteiger partial charge in [0.1, 0.15) is 0 Å². The van der Waals surface area contributed by atoms with Gasteiger partial charge in [-0.2, -0.15) is 5.10 Å². The van der Waals surface area contributed by atoms with Crippen molar-refractivity contribution in [1.82, 2.24) is 14.6 Å². The van der Waals surface area contributed by atoms with Crippen LogP contribution in [0.25, 0.3) is 5.52 Å². The van der Waals surface area contributed by atoms with Gasteiger partial charge in [0.15, 0.2) is 11.6 Å². The number of hydrogen-bond donors (Lipinski definition) is 0. The zero-order valence-electron chi connectivity index (χ0n) is 9.81. The van der Waals surface area contributed by atoms with Crippen LogP contribution in [0.1, 0.15) is 26.5 Å². The Labute approximate surface area is 112 Å². The minimum Gasteiger partial charge on any atom is -0.294 e. The van der Waals surface area contributed by atoms with E-state index in [1.54, 1.807) is 35.2 Å². The maximum atomic E-state index is 12.1. The lowest BCUT2D eigenvalue weighted by molar-refractivity contribution is 0.0897. The van der Waals surface area contributed by atoms with Gasteiger partial charge in [0.2, 0.25) is 0 Å². The molecule has 3 aromatic heterocycles. The molecular weight excluding hydrogens is 262 g/mol. The van der Waals surface area contributed by atoms with Crippen LogP contribution in [0.5, 0.6) is 0 Å². The van der Waals surface area contributed by atoms with E-state index in [2.05, 4.69) is 10.1 Å². The van der Waals surface area contributed by atoms with Crippen LogP contribution in [0.2, 0.25) is 0 Å². The van der Waals surface area contributed by atoms with Crippen LogP contribution in [0, 0.1) is 0 Å². The lowest BCUT2D eigenvalue weighted by atomic mass is 10.1. The first kappa shape index (κ1) is 11.7. The molecule has 3 rings (SSSR count). The van der Waals surface area contributed by atoms with E-state index < -0.39 is 0 Å². The Bertz CT molecular complexity index is 746. The first-order valence-corrected chi connectivity index (χ1v) is 6.51. The molecule has 3 heterocycles. The van der Waals surface area contributed by atoms with Crippen LogP contribution in [-0.2, 0) is 0 Å². The number of ketones is 2. The minimum atomic E-state index is -0.235. The first-order valence-electron chi connectivity index (χ1n) is 5.63. The van der Waals surface area contributed by atoms with E-state index in [4.69, 9.17) is 0 Å². The number of nitrogens with zero attached hydrogens (tertiary/aromatic N) is 3. The number of Topliss-reactive ketones (excluding diaryl/α,β-unsaturated/α-hetero) is 2. The van der Waals surface area contributed by atoms with E-state index in [9.17, 15) is 9.59 Å². The number of aromatic nitrogens is 3. The largest absolute Gasteiger partial charge is 0.294 e. The smallest absolute Gasteiger partial charge is 0.180 e. The van der Waals surface area contributed by atoms with Crippen molar-refractivity contribution in [2.75, 3.05) is 0 Å². The molecule has 0 spiro atoms. The number of rotatable bonds is 4. The summed E-state index contributed by atoms with van der Waals surface area (Å²) in [6, 6.07) is 3.51. The topological polar surface area (TPSA) is 64.3 Å². The second kappa shape index (κ2) is 4.74. The Morgan fingerprint density at radius 2 is 2.16 bits per heavy atom. The van der Waals surface area contributed by atoms with E-state index in [0.717, 1.165) is 0 Å². The third-order valence-corrected chi connectivity index (χ3v) is 3.65. The normalized spacial score (nSPS) is 10.7. The number of hydrogen-bond acceptors (Lipinski definition) is 5. The van der Waals surface area contributed by atoms with Crippen LogP contribution >= 0.6 is 11.3 Å². The first-order chi connectivity index (χ1) is 9.25. The average Bonchev–Trinajstić information content (AvgIpc) is 3.08. The lowest BCUT2D eigenvalue weighted by Gasteiger charge is -1.97. The van der Waals surface area contributed by atoms with Crippen molar-refractivity contribution in [3.05, 3.63) is 52.7 Å². The van der Waals surface area contributed by atoms with E-state index in [-0.39, 0.29) is 18.0 Å². The zero-order valence-corrected chi connectivity index (χ0v) is 10.6. The maximum Gasteiger partial charge on any atom is 0.180 e. The fraction of sp³-hybridized carbons (Fsp3) is 0.0769. The van der Waals surface area contributed by atoms with Crippen LogP contribution in [0.3, 0.4) is 0 Å². The summed E-state index contributed by atoms with van der Waals surface area (Å²) in [5, 5.41) is 5.87. The summed E-state index contributed by atoms with van der Waals surface area (Å²) in [6.45, 7) is 0. The lowest BCUT2D eigenvalue weighted by Crippen LogP contribution is -2.07. The molecule has 0 fully saturated rings. The number of carbonyl (C=O) groups excluding carboxylic acids is 2. The Morgan fingerprint density at radius 1 is 1.26 bits per heavy atom. The highest BCUT2D eigenvalue weighted by Crippen LogP contribution is 2.16. The van der Waals surface area contributed by atoms with E-state index in [1.807, 2.05) is 5.38 Å². The predicted octanol–water partition coefficient (Wildman–Crippen LogP) is 2.25. The van der Waals surface area contributed by atoms with Gasteiger partial charge < -0.3 is 0 Å². The van der Waals surface area contributed by atoms with E-state index in [0.29, 0.717) is 16.0 Å². The molecule has 3 aromatic rings. The number of fused-ring (bicyclic) bond motifs is 1. The maximum absolute atomic E-state index is 12.1. The Balaban J connectivity index is 1.86. The fourth-order valence-electron chi connectivity index (χ4n) is 1.81. The van der Waals surface area contributed by atoms with Gasteiger partial charge in [-0.3, -0.25) is 14.6 Å². The molecule has 19 heavy (non-hydrogen) atoms. The molecule has 0 aliphatic heterocycles. The van der Waals surface area contributed by atoms with Crippen molar-refractivity contribution in [2.24, 2.45) is 0 Å². The molecule has 0 radical (unpaired) electrons. The van der Waals surface area contributed by atoms with Crippen LogP contribution in [-0.4, -0.2) is 26.2 Å². The van der Waals surface area contributed by atoms with Crippen molar-refractivity contribution in [3.8, 4) is 0 Å². The van der Waals surface area contributed by atoms with Crippen LogP contribution < -0.4 is 0 Å². The summed E-state index contributed by atoms with van der Waals surface area (Å²) in [5.74, 6) is -0.398. The summed E-state index contributed by atoms with van der Waals surface area (Å²) in [4.78, 5) is 28.6. The molecule has 0 aliphatic rings. The van der Waals surface area contributed by atoms with Crippen LogP contribution in [0.4, 0.5) is 0 Å². The Morgan fingerprint density at radius 3 is 2.95 bits per heavy atom. The number of carbonyl (C=O) groups is 2. The molecule has 94 valence electrons. The number of thiophene rings is 1. The average molecular weight is 271 g/mol. The Kier molecular flexibility index (Phi) is 2.92. The second-order valence-corrected chi connectivity index (χ2v) is 4.91. The van der Waals surface area contributed by atoms with Crippen molar-refractivity contribution < 1.29 is 9.59 Å². The highest BCUT2D eigenvalue weighted by Gasteiger charge is 2.17. The summed E-state index contributed by atoms with van der Waals surface area (Å²) < 4.78 is 1.57. The molecule has 0 saturated heterocycles. The fourth-order valence-corrected chi connectivity index (χ4v) is 2.48. The van der Waals surface area contributed by atoms with Gasteiger partial charge in [-0.05, 0) is 11.4 Å². The van der Waals surface area contributed by atoms with Gasteiger partial charge in [-0.15, -0.1) is 11.3 Å². The third-order valence-electron chi connectivity index (χ3n) is 2.74. The zero-order chi connectivity index (χ0) is 13.2. The van der Waals surface area contributed by atoms with Gasteiger partial charge in [-0.1, -0.05) is 6.07 Å². The minimum absolute atomic E-state index is 0.142. The van der Waals surface area contributed by atoms with E-state index in [1.165, 1.54) is 17.5 Å². The summed E-state index contributed by atoms with van der Waals surface area (Å²) in [5.41, 5.74) is 1.05. The van der Waals surface area contributed by atoms with Gasteiger partial charge >= 0.3 is 0 Å². The SMILES string of the molecule is O=C(CC(=O)c1cnn2ccncc12)c1cccs1. The standard InChI is InChI=1S/C13H9N3O2S/c17-11(6-12(18)13-2-1-5-19-13)9-7-15-16-4-3-14-8-10(9)16/h1-5,7-8H,6H2. The molecule has 0 bridgehead atoms. The van der Waals surface area contributed by atoms with Gasteiger partial charge in [0.25, 0.3) is 0 Å². The molecule has 0 atom stereocenters. The molecule has 0 saturated carbocycles. The molecule has 6 heteroatoms. The Hall–Kier alpha value is -2.34. The van der Waals surface area contributed by atoms with Crippen molar-refractivity contribution >= 4 is 28.4 Å². The summed E-state index contributed by atoms with van der Waals surface area (Å²) >= 11 is 1.34. The van der Waals surface area contributed by atoms with E-state index >= 15 is 0 Å². The van der Waals surface area contributed by atoms with Gasteiger partial charge in [-0.25, -0.2) is 4.52 Å². The highest BCUT2D eigenvalue weighted by molar-refractivity contribution is 7.12. The molecule has 0 unspecified atom stereocenters. The van der Waals surface area contributed by atoms with Crippen molar-refractivity contribution in [2.45, 2.75) is 6.42 Å². The molecule has 0 aliphatic carbocycles. The summed E-state index contributed by atoms with van der Waals surface area (Å²) in [7, 11) is 0. The molecule has 0 amide bonds. The molecule has 5 nitrogen and oxygen atoms in total. The quantitative estimate of drug-likeness (QED) is 0.539. The highest BCUT2D eigenvalue weighted by atomic mass is 32.1. The monoisotopic (exact) mass is 271 g/mol. The van der Waals surface area contributed by atoms with Crippen LogP contribution in [0.15, 0.2) is 42.3 Å². The molecule has 0 N–H and O–H groups in total.